The van der Waals surface area contributed by atoms with E-state index in [9.17, 15) is 3.32 Å². The average molecular weight is 140 g/mol. The van der Waals surface area contributed by atoms with Crippen molar-refractivity contribution >= 4 is 0 Å². The molecule has 3 nitrogen and oxygen atoms in total. The van der Waals surface area contributed by atoms with Crippen LogP contribution in [0.1, 0.15) is 13.8 Å². The van der Waals surface area contributed by atoms with Gasteiger partial charge in [0.15, 0.2) is 0 Å². The van der Waals surface area contributed by atoms with Crippen LogP contribution in [0.4, 0.5) is 0 Å². The molecule has 0 aromatic carbocycles. The van der Waals surface area contributed by atoms with Crippen LogP contribution in [0.15, 0.2) is 0 Å². The Kier molecular flexibility index (Phi) is 3.65. The first kappa shape index (κ1) is 7.43. The predicted molar refractivity (Wildman–Crippen MR) is 19.1 cm³/mol. The summed E-state index contributed by atoms with van der Waals surface area (Å²) in [5.74, 6) is 0. The van der Waals surface area contributed by atoms with Gasteiger partial charge in [-0.3, -0.25) is 0 Å². The van der Waals surface area contributed by atoms with Crippen LogP contribution >= 0.6 is 0 Å². The van der Waals surface area contributed by atoms with Crippen molar-refractivity contribution in [2.75, 3.05) is 0 Å². The molecule has 0 aromatic rings. The zero-order chi connectivity index (χ0) is 5.86. The fourth-order valence-corrected chi connectivity index (χ4v) is 0.831. The van der Waals surface area contributed by atoms with Crippen LogP contribution in [0.5, 0.6) is 0 Å². The van der Waals surface area contributed by atoms with E-state index in [-0.39, 0.29) is 6.10 Å². The Morgan fingerprint density at radius 2 is 2.14 bits per heavy atom. The van der Waals surface area contributed by atoms with Crippen LogP contribution < -0.4 is 0 Å². The van der Waals surface area contributed by atoms with Gasteiger partial charge in [0.25, 0.3) is 0 Å². The summed E-state index contributed by atoms with van der Waals surface area (Å²) in [5, 5.41) is 0. The number of hydrogen-bond donors (Lipinski definition) is 1. The second kappa shape index (κ2) is 3.44. The van der Waals surface area contributed by atoms with Gasteiger partial charge in [-0.2, -0.15) is 0 Å². The molecule has 0 radical (unpaired) electrons. The first-order valence-electron chi connectivity index (χ1n) is 2.02. The van der Waals surface area contributed by atoms with Gasteiger partial charge >= 0.3 is 48.9 Å². The summed E-state index contributed by atoms with van der Waals surface area (Å²) in [4.78, 5) is 0. The van der Waals surface area contributed by atoms with Crippen molar-refractivity contribution in [2.45, 2.75) is 20.0 Å². The van der Waals surface area contributed by atoms with E-state index in [1.807, 2.05) is 0 Å². The van der Waals surface area contributed by atoms with Gasteiger partial charge in [-0.25, -0.2) is 0 Å². The fraction of sp³-hybridized carbons (Fsp3) is 1.00. The average Bonchev–Trinajstić information content (AvgIpc) is 1.27. The van der Waals surface area contributed by atoms with E-state index in [2.05, 4.69) is 3.32 Å². The molecule has 0 heterocycles. The summed E-state index contributed by atoms with van der Waals surface area (Å²) < 4.78 is 22.4. The van der Waals surface area contributed by atoms with Crippen LogP contribution in [-0.2, 0) is 25.3 Å². The SMILES string of the molecule is CC(C)[O][Ti](=[O])[OH]. The van der Waals surface area contributed by atoms with Crippen molar-refractivity contribution in [1.82, 2.24) is 0 Å². The molecule has 0 saturated heterocycles. The third-order valence-electron chi connectivity index (χ3n) is 0.337. The summed E-state index contributed by atoms with van der Waals surface area (Å²) in [6.45, 7) is 3.45. The molecule has 1 N–H and O–H groups in total. The maximum atomic E-state index is 9.84. The zero-order valence-electron chi connectivity index (χ0n) is 4.34. The Labute approximate surface area is 49.4 Å². The first-order chi connectivity index (χ1) is 3.13. The van der Waals surface area contributed by atoms with E-state index in [0.29, 0.717) is 0 Å². The minimum atomic E-state index is -3.20. The normalized spacial score (nSPS) is 9.71. The summed E-state index contributed by atoms with van der Waals surface area (Å²) in [6, 6.07) is 0. The van der Waals surface area contributed by atoms with Gasteiger partial charge < -0.3 is 0 Å². The van der Waals surface area contributed by atoms with Crippen molar-refractivity contribution in [3.63, 3.8) is 0 Å². The molecule has 0 aliphatic rings. The van der Waals surface area contributed by atoms with Crippen molar-refractivity contribution < 1.29 is 28.9 Å². The molecule has 0 amide bonds. The van der Waals surface area contributed by atoms with Gasteiger partial charge in [0.1, 0.15) is 0 Å². The Morgan fingerprint density at radius 3 is 2.14 bits per heavy atom. The molecule has 0 spiro atoms. The van der Waals surface area contributed by atoms with Crippen LogP contribution in [0, 0.1) is 0 Å². The number of hydrogen-bond acceptors (Lipinski definition) is 2. The molecule has 42 valence electrons. The van der Waals surface area contributed by atoms with E-state index >= 15 is 0 Å². The zero-order valence-corrected chi connectivity index (χ0v) is 5.90. The third-order valence-corrected chi connectivity index (χ3v) is 1.39. The van der Waals surface area contributed by atoms with E-state index in [4.69, 9.17) is 3.69 Å². The van der Waals surface area contributed by atoms with Gasteiger partial charge in [0.2, 0.25) is 0 Å². The molecule has 0 aromatic heterocycles. The topological polar surface area (TPSA) is 46.5 Å². The fourth-order valence-electron chi connectivity index (χ4n) is 0.202. The second-order valence-electron chi connectivity index (χ2n) is 1.43. The monoisotopic (exact) mass is 140 g/mol. The standard InChI is InChI=1S/C3H7O.H2O.O.Ti/c1-3(2)4;;;/h3H,1-2H3;1H2;;/q-1;;;+2/p-1. The molecular formula is C3H8O3Ti. The maximum absolute atomic E-state index is 9.84. The van der Waals surface area contributed by atoms with Crippen molar-refractivity contribution in [3.05, 3.63) is 0 Å². The Balaban J connectivity index is 3.13. The van der Waals surface area contributed by atoms with Gasteiger partial charge in [-0.05, 0) is 0 Å². The Hall–Kier alpha value is 0.434. The molecule has 0 saturated carbocycles. The van der Waals surface area contributed by atoms with Crippen molar-refractivity contribution in [1.29, 1.82) is 0 Å². The minimum absolute atomic E-state index is 0.113. The molecular weight excluding hydrogens is 132 g/mol. The summed E-state index contributed by atoms with van der Waals surface area (Å²) >= 11 is -3.20. The van der Waals surface area contributed by atoms with Gasteiger partial charge in [0.05, 0.1) is 0 Å². The predicted octanol–water partition coefficient (Wildman–Crippen LogP) is 0.197. The quantitative estimate of drug-likeness (QED) is 0.557. The third kappa shape index (κ3) is 6.43. The molecule has 7 heavy (non-hydrogen) atoms. The molecule has 0 bridgehead atoms. The van der Waals surface area contributed by atoms with E-state index < -0.39 is 18.6 Å². The first-order valence-corrected chi connectivity index (χ1v) is 4.00. The number of rotatable bonds is 2. The molecule has 0 aliphatic heterocycles. The van der Waals surface area contributed by atoms with Crippen molar-refractivity contribution in [3.8, 4) is 0 Å². The molecule has 0 unspecified atom stereocenters. The Morgan fingerprint density at radius 1 is 1.71 bits per heavy atom. The molecule has 0 rings (SSSR count). The van der Waals surface area contributed by atoms with Gasteiger partial charge in [-0.15, -0.1) is 0 Å². The van der Waals surface area contributed by atoms with Crippen LogP contribution in [-0.4, -0.2) is 9.79 Å². The van der Waals surface area contributed by atoms with E-state index in [1.54, 1.807) is 13.8 Å². The second-order valence-corrected chi connectivity index (χ2v) is 2.63. The summed E-state index contributed by atoms with van der Waals surface area (Å²) in [7, 11) is 0. The Bertz CT molecular complexity index is 70.6. The van der Waals surface area contributed by atoms with Gasteiger partial charge in [0, 0.05) is 0 Å². The molecule has 0 fully saturated rings. The summed E-state index contributed by atoms with van der Waals surface area (Å²) in [6.07, 6.45) is -0.113. The molecule has 0 aliphatic carbocycles. The summed E-state index contributed by atoms with van der Waals surface area (Å²) in [5.41, 5.74) is 0. The van der Waals surface area contributed by atoms with Crippen LogP contribution in [0.2, 0.25) is 0 Å². The van der Waals surface area contributed by atoms with Gasteiger partial charge in [-0.1, -0.05) is 0 Å². The van der Waals surface area contributed by atoms with E-state index in [0.717, 1.165) is 0 Å². The molecule has 0 atom stereocenters. The van der Waals surface area contributed by atoms with Crippen molar-refractivity contribution in [2.24, 2.45) is 0 Å². The van der Waals surface area contributed by atoms with Crippen LogP contribution in [0.25, 0.3) is 0 Å². The van der Waals surface area contributed by atoms with Crippen LogP contribution in [0.3, 0.4) is 0 Å². The van der Waals surface area contributed by atoms with E-state index in [1.165, 1.54) is 0 Å². The molecule has 4 heteroatoms.